The number of nitrogens with one attached hydrogen (secondary N) is 5. The molecule has 0 unspecified atom stereocenters. The van der Waals surface area contributed by atoms with Gasteiger partial charge in [0, 0.05) is 43.3 Å². The molecule has 2 aromatic heterocycles. The zero-order valence-corrected chi connectivity index (χ0v) is 42.0. The summed E-state index contributed by atoms with van der Waals surface area (Å²) >= 11 is 0. The number of amides is 3. The lowest BCUT2D eigenvalue weighted by Crippen LogP contribution is -2.40. The number of nitrogens with zero attached hydrogens (tertiary/aromatic N) is 2. The summed E-state index contributed by atoms with van der Waals surface area (Å²) in [5, 5.41) is 12.0. The third kappa shape index (κ3) is 17.7. The van der Waals surface area contributed by atoms with E-state index in [0.717, 1.165) is 92.8 Å². The van der Waals surface area contributed by atoms with Crippen LogP contribution in [0.1, 0.15) is 105 Å². The predicted octanol–water partition coefficient (Wildman–Crippen LogP) is 9.52. The van der Waals surface area contributed by atoms with E-state index >= 15 is 0 Å². The first-order chi connectivity index (χ1) is 35.4. The summed E-state index contributed by atoms with van der Waals surface area (Å²) in [6.45, 7) is 8.64. The van der Waals surface area contributed by atoms with E-state index < -0.39 is 12.0 Å². The van der Waals surface area contributed by atoms with Gasteiger partial charge in [-0.2, -0.15) is 0 Å². The molecule has 8 N–H and O–H groups in total. The molecule has 15 nitrogen and oxygen atoms in total. The molecular formula is C58H66N8O7. The molecule has 0 radical (unpaired) electrons. The van der Waals surface area contributed by atoms with Gasteiger partial charge in [-0.1, -0.05) is 135 Å². The van der Waals surface area contributed by atoms with Crippen molar-refractivity contribution in [3.8, 4) is 0 Å². The van der Waals surface area contributed by atoms with E-state index in [0.29, 0.717) is 30.6 Å². The van der Waals surface area contributed by atoms with Gasteiger partial charge in [0.2, 0.25) is 11.8 Å². The lowest BCUT2D eigenvalue weighted by molar-refractivity contribution is -0.135. The Balaban J connectivity index is 0.000000198. The highest BCUT2D eigenvalue weighted by atomic mass is 16.7. The number of nitrogens with two attached hydrogens (primary N) is 1. The van der Waals surface area contributed by atoms with Gasteiger partial charge >= 0.3 is 5.97 Å². The summed E-state index contributed by atoms with van der Waals surface area (Å²) in [4.78, 5) is 74.7. The van der Waals surface area contributed by atoms with E-state index in [9.17, 15) is 19.2 Å². The van der Waals surface area contributed by atoms with Crippen LogP contribution in [-0.4, -0.2) is 60.8 Å². The molecule has 0 spiro atoms. The Labute approximate surface area is 426 Å². The molecule has 0 saturated carbocycles. The standard InChI is InChI=1S/C29H32N4O3.C17H20N2O2.C12H14N2O2/c1-3-10-26-31-25-17-23(15-20(2)28(25)32-26)29(35)30-24(16-21-11-6-4-7-12-21)18-27(34)33-36-19-22-13-8-5-9-14-22;18-16(11-14-7-3-1-4-8-14)12-17(20)19-21-13-15-9-5-2-6-10-15;1-3-4-10-13-9-6-8(12(15)16)5-7(2)11(9)14-10/h4-9,11-15,17,24H,3,10,16,18-19H2,1-2H3,(H,30,35)(H,31,32)(H,33,34);1-10,16H,11-13,18H2,(H,19,20);5-6H,3-4H2,1-2H3,(H,13,14)(H,15,16)/t24-;16-;/m11./s1. The quantitative estimate of drug-likeness (QED) is 0.0338. The summed E-state index contributed by atoms with van der Waals surface area (Å²) in [6.07, 6.45) is 5.27. The van der Waals surface area contributed by atoms with Gasteiger partial charge in [-0.15, -0.1) is 0 Å². The molecule has 0 bridgehead atoms. The number of aromatic amines is 2. The van der Waals surface area contributed by atoms with Crippen molar-refractivity contribution < 1.29 is 34.0 Å². The minimum atomic E-state index is -0.906. The van der Waals surface area contributed by atoms with Crippen molar-refractivity contribution in [2.45, 2.75) is 104 Å². The zero-order chi connectivity index (χ0) is 52.0. The van der Waals surface area contributed by atoms with E-state index in [1.165, 1.54) is 0 Å². The van der Waals surface area contributed by atoms with Crippen LogP contribution in [0.4, 0.5) is 0 Å². The second kappa shape index (κ2) is 28.2. The molecule has 3 amide bonds. The number of imidazole rings is 2. The number of fused-ring (bicyclic) bond motifs is 2. The number of carboxylic acid groups (broad SMARTS) is 1. The number of aromatic carboxylic acids is 1. The van der Waals surface area contributed by atoms with Crippen LogP contribution in [0.25, 0.3) is 22.1 Å². The highest BCUT2D eigenvalue weighted by molar-refractivity contribution is 5.98. The molecular weight excluding hydrogens is 921 g/mol. The summed E-state index contributed by atoms with van der Waals surface area (Å²) in [6, 6.07) is 45.3. The van der Waals surface area contributed by atoms with Crippen LogP contribution in [0.5, 0.6) is 0 Å². The number of hydroxylamine groups is 2. The maximum atomic E-state index is 13.2. The highest BCUT2D eigenvalue weighted by Crippen LogP contribution is 2.21. The molecule has 2 heterocycles. The third-order valence-electron chi connectivity index (χ3n) is 11.6. The van der Waals surface area contributed by atoms with Crippen molar-refractivity contribution in [2.24, 2.45) is 5.73 Å². The summed E-state index contributed by atoms with van der Waals surface area (Å²) in [5.74, 6) is 0.207. The molecule has 8 rings (SSSR count). The number of aromatic nitrogens is 4. The zero-order valence-electron chi connectivity index (χ0n) is 42.0. The van der Waals surface area contributed by atoms with Crippen molar-refractivity contribution in [1.82, 2.24) is 36.2 Å². The van der Waals surface area contributed by atoms with Crippen LogP contribution in [0.3, 0.4) is 0 Å². The Morgan fingerprint density at radius 2 is 0.986 bits per heavy atom. The number of aryl methyl sites for hydroxylation is 4. The van der Waals surface area contributed by atoms with E-state index in [2.05, 4.69) is 50.1 Å². The highest BCUT2D eigenvalue weighted by Gasteiger charge is 2.20. The van der Waals surface area contributed by atoms with Crippen LogP contribution in [0.2, 0.25) is 0 Å². The normalized spacial score (nSPS) is 11.6. The molecule has 380 valence electrons. The smallest absolute Gasteiger partial charge is 0.335 e. The van der Waals surface area contributed by atoms with Gasteiger partial charge in [-0.3, -0.25) is 24.1 Å². The predicted molar refractivity (Wildman–Crippen MR) is 284 cm³/mol. The fourth-order valence-corrected chi connectivity index (χ4v) is 8.07. The van der Waals surface area contributed by atoms with Gasteiger partial charge in [0.1, 0.15) is 11.6 Å². The van der Waals surface area contributed by atoms with Crippen molar-refractivity contribution >= 4 is 45.8 Å². The van der Waals surface area contributed by atoms with E-state index in [-0.39, 0.29) is 43.2 Å². The van der Waals surface area contributed by atoms with Gasteiger partial charge in [0.05, 0.1) is 40.8 Å². The Morgan fingerprint density at radius 1 is 0.575 bits per heavy atom. The van der Waals surface area contributed by atoms with Gasteiger partial charge in [-0.25, -0.2) is 25.7 Å². The minimum Gasteiger partial charge on any atom is -0.478 e. The van der Waals surface area contributed by atoms with Crippen LogP contribution in [-0.2, 0) is 58.2 Å². The number of H-pyrrole nitrogens is 2. The number of benzene rings is 6. The molecule has 8 aromatic rings. The maximum Gasteiger partial charge on any atom is 0.335 e. The Bertz CT molecular complexity index is 3000. The summed E-state index contributed by atoms with van der Waals surface area (Å²) in [5.41, 5.74) is 21.1. The molecule has 0 aliphatic carbocycles. The van der Waals surface area contributed by atoms with Crippen LogP contribution in [0.15, 0.2) is 146 Å². The molecule has 2 atom stereocenters. The average molecular weight is 987 g/mol. The third-order valence-corrected chi connectivity index (χ3v) is 11.6. The lowest BCUT2D eigenvalue weighted by Gasteiger charge is -2.19. The second-order valence-electron chi connectivity index (χ2n) is 17.9. The first kappa shape index (κ1) is 54.4. The monoisotopic (exact) mass is 987 g/mol. The number of hydrogen-bond donors (Lipinski definition) is 7. The van der Waals surface area contributed by atoms with E-state index in [1.54, 1.807) is 12.1 Å². The van der Waals surface area contributed by atoms with Gasteiger partial charge in [-0.05, 0) is 97.2 Å². The maximum absolute atomic E-state index is 13.2. The van der Waals surface area contributed by atoms with Crippen molar-refractivity contribution in [3.05, 3.63) is 202 Å². The summed E-state index contributed by atoms with van der Waals surface area (Å²) in [7, 11) is 0. The van der Waals surface area contributed by atoms with E-state index in [4.69, 9.17) is 20.5 Å². The number of carbonyl (C=O) groups is 4. The number of rotatable bonds is 21. The average Bonchev–Trinajstić information content (AvgIpc) is 4.00. The van der Waals surface area contributed by atoms with Gasteiger partial charge in [0.15, 0.2) is 0 Å². The first-order valence-corrected chi connectivity index (χ1v) is 24.6. The van der Waals surface area contributed by atoms with Crippen molar-refractivity contribution in [1.29, 1.82) is 0 Å². The Kier molecular flexibility index (Phi) is 21.0. The molecule has 0 aliphatic rings. The SMILES string of the molecule is CCCc1nc2c(C)cc(C(=O)N[C@@H](CC(=O)NOCc3ccccc3)Cc3ccccc3)cc2[nH]1.CCCc1nc2c(C)cc(C(=O)O)cc2[nH]1.N[C@@H](CC(=O)NOCc1ccccc1)Cc1ccccc1. The lowest BCUT2D eigenvalue weighted by atomic mass is 10.0. The molecule has 6 aromatic carbocycles. The van der Waals surface area contributed by atoms with Crippen LogP contribution >= 0.6 is 0 Å². The molecule has 0 aliphatic heterocycles. The Morgan fingerprint density at radius 3 is 1.44 bits per heavy atom. The number of hydrogen-bond acceptors (Lipinski definition) is 9. The molecule has 0 fully saturated rings. The fraction of sp³-hybridized carbons (Fsp3) is 0.276. The van der Waals surface area contributed by atoms with Crippen LogP contribution in [0, 0.1) is 13.8 Å². The van der Waals surface area contributed by atoms with E-state index in [1.807, 2.05) is 147 Å². The topological polar surface area (TPSA) is 226 Å². The number of carboxylic acids is 1. The van der Waals surface area contributed by atoms with Crippen molar-refractivity contribution in [2.75, 3.05) is 0 Å². The van der Waals surface area contributed by atoms with Gasteiger partial charge < -0.3 is 26.1 Å². The Hall–Kier alpha value is -7.98. The van der Waals surface area contributed by atoms with Crippen molar-refractivity contribution in [3.63, 3.8) is 0 Å². The second-order valence-corrected chi connectivity index (χ2v) is 17.9. The van der Waals surface area contributed by atoms with Crippen LogP contribution < -0.4 is 22.0 Å². The summed E-state index contributed by atoms with van der Waals surface area (Å²) < 4.78 is 0. The molecule has 15 heteroatoms. The number of carbonyl (C=O) groups excluding carboxylic acids is 3. The van der Waals surface area contributed by atoms with Gasteiger partial charge in [0.25, 0.3) is 5.91 Å². The molecule has 0 saturated heterocycles. The first-order valence-electron chi connectivity index (χ1n) is 24.6. The fourth-order valence-electron chi connectivity index (χ4n) is 8.07. The molecule has 73 heavy (non-hydrogen) atoms. The largest absolute Gasteiger partial charge is 0.478 e. The minimum absolute atomic E-state index is 0.0847.